The minimum atomic E-state index is -0.395. The third kappa shape index (κ3) is 2.69. The van der Waals surface area contributed by atoms with Gasteiger partial charge < -0.3 is 11.1 Å². The molecular formula is C14H27N3O. The zero-order valence-corrected chi connectivity index (χ0v) is 11.8. The van der Waals surface area contributed by atoms with Crippen LogP contribution in [-0.4, -0.2) is 42.5 Å². The lowest BCUT2D eigenvalue weighted by Gasteiger charge is -2.49. The average Bonchev–Trinajstić information content (AvgIpc) is 2.55. The van der Waals surface area contributed by atoms with Gasteiger partial charge in [0.05, 0.1) is 0 Å². The van der Waals surface area contributed by atoms with E-state index in [2.05, 4.69) is 24.1 Å². The first-order valence-corrected chi connectivity index (χ1v) is 7.22. The number of carbonyl (C=O) groups excluding carboxylic acids is 1. The second-order valence-electron chi connectivity index (χ2n) is 6.68. The Morgan fingerprint density at radius 3 is 2.61 bits per heavy atom. The predicted octanol–water partition coefficient (Wildman–Crippen LogP) is 1.11. The number of nitrogens with zero attached hydrogens (tertiary/aromatic N) is 1. The molecule has 18 heavy (non-hydrogen) atoms. The normalized spacial score (nSPS) is 33.9. The highest BCUT2D eigenvalue weighted by Crippen LogP contribution is 2.44. The molecule has 1 amide bonds. The number of hydrogen-bond donors (Lipinski definition) is 2. The van der Waals surface area contributed by atoms with Crippen LogP contribution in [0.1, 0.15) is 46.0 Å². The summed E-state index contributed by atoms with van der Waals surface area (Å²) in [7, 11) is 0. The van der Waals surface area contributed by atoms with E-state index in [0.29, 0.717) is 0 Å². The van der Waals surface area contributed by atoms with Crippen molar-refractivity contribution in [2.45, 2.75) is 51.5 Å². The molecule has 1 saturated heterocycles. The van der Waals surface area contributed by atoms with Crippen molar-refractivity contribution in [1.29, 1.82) is 0 Å². The Morgan fingerprint density at radius 2 is 1.94 bits per heavy atom. The third-order valence-electron chi connectivity index (χ3n) is 4.62. The van der Waals surface area contributed by atoms with Crippen LogP contribution < -0.4 is 11.1 Å². The van der Waals surface area contributed by atoms with Crippen molar-refractivity contribution < 1.29 is 4.79 Å². The zero-order chi connectivity index (χ0) is 13.2. The molecule has 0 spiro atoms. The summed E-state index contributed by atoms with van der Waals surface area (Å²) >= 11 is 0. The van der Waals surface area contributed by atoms with Crippen molar-refractivity contribution in [3.63, 3.8) is 0 Å². The number of hydrogen-bond acceptors (Lipinski definition) is 3. The van der Waals surface area contributed by atoms with Crippen LogP contribution >= 0.6 is 0 Å². The van der Waals surface area contributed by atoms with Crippen LogP contribution in [0.5, 0.6) is 0 Å². The van der Waals surface area contributed by atoms with Crippen molar-refractivity contribution in [2.75, 3.05) is 26.2 Å². The fourth-order valence-electron chi connectivity index (χ4n) is 3.74. The molecule has 0 aromatic carbocycles. The molecule has 1 atom stereocenters. The van der Waals surface area contributed by atoms with Gasteiger partial charge in [0, 0.05) is 19.6 Å². The highest BCUT2D eigenvalue weighted by Gasteiger charge is 2.48. The molecule has 0 bridgehead atoms. The number of nitrogens with two attached hydrogens (primary N) is 1. The van der Waals surface area contributed by atoms with E-state index in [9.17, 15) is 4.79 Å². The summed E-state index contributed by atoms with van der Waals surface area (Å²) in [5.41, 5.74) is 5.64. The minimum Gasteiger partial charge on any atom is -0.368 e. The Kier molecular flexibility index (Phi) is 3.97. The molecule has 4 heteroatoms. The lowest BCUT2D eigenvalue weighted by molar-refractivity contribution is -0.135. The van der Waals surface area contributed by atoms with E-state index in [1.807, 2.05) is 0 Å². The number of amides is 1. The van der Waals surface area contributed by atoms with E-state index >= 15 is 0 Å². The van der Waals surface area contributed by atoms with E-state index in [1.54, 1.807) is 0 Å². The van der Waals surface area contributed by atoms with Gasteiger partial charge in [0.15, 0.2) is 0 Å². The number of nitrogens with one attached hydrogen (secondary N) is 1. The minimum absolute atomic E-state index is 0.114. The highest BCUT2D eigenvalue weighted by molar-refractivity contribution is 5.85. The van der Waals surface area contributed by atoms with Gasteiger partial charge in [-0.3, -0.25) is 9.69 Å². The van der Waals surface area contributed by atoms with Gasteiger partial charge in [0.2, 0.25) is 5.91 Å². The second kappa shape index (κ2) is 5.17. The van der Waals surface area contributed by atoms with Gasteiger partial charge in [-0.05, 0) is 37.6 Å². The number of primary amides is 1. The monoisotopic (exact) mass is 253 g/mol. The molecule has 1 aliphatic carbocycles. The molecule has 0 aromatic rings. The summed E-state index contributed by atoms with van der Waals surface area (Å²) in [6.45, 7) is 8.48. The quantitative estimate of drug-likeness (QED) is 0.775. The Balaban J connectivity index is 2.22. The largest absolute Gasteiger partial charge is 0.368 e. The van der Waals surface area contributed by atoms with Crippen LogP contribution in [0.15, 0.2) is 0 Å². The summed E-state index contributed by atoms with van der Waals surface area (Å²) in [5.74, 6) is -0.114. The molecule has 0 aromatic heterocycles. The first-order chi connectivity index (χ1) is 8.46. The molecule has 3 N–H and O–H groups in total. The zero-order valence-electron chi connectivity index (χ0n) is 11.8. The summed E-state index contributed by atoms with van der Waals surface area (Å²) in [4.78, 5) is 14.5. The third-order valence-corrected chi connectivity index (χ3v) is 4.62. The van der Waals surface area contributed by atoms with Crippen molar-refractivity contribution in [1.82, 2.24) is 10.2 Å². The Morgan fingerprint density at radius 1 is 1.17 bits per heavy atom. The maximum absolute atomic E-state index is 12.1. The topological polar surface area (TPSA) is 58.4 Å². The summed E-state index contributed by atoms with van der Waals surface area (Å²) in [6, 6.07) is 0. The molecule has 2 aliphatic rings. The smallest absolute Gasteiger partial charge is 0.237 e. The predicted molar refractivity (Wildman–Crippen MR) is 73.2 cm³/mol. The van der Waals surface area contributed by atoms with Gasteiger partial charge in [0.25, 0.3) is 0 Å². The van der Waals surface area contributed by atoms with Gasteiger partial charge in [0.1, 0.15) is 5.54 Å². The van der Waals surface area contributed by atoms with Crippen LogP contribution in [0.2, 0.25) is 0 Å². The molecular weight excluding hydrogens is 226 g/mol. The van der Waals surface area contributed by atoms with E-state index in [-0.39, 0.29) is 11.3 Å². The number of carbonyl (C=O) groups is 1. The van der Waals surface area contributed by atoms with Crippen LogP contribution in [0.4, 0.5) is 0 Å². The molecule has 0 radical (unpaired) electrons. The summed E-state index contributed by atoms with van der Waals surface area (Å²) in [6.07, 6.45) is 5.27. The van der Waals surface area contributed by atoms with Gasteiger partial charge in [-0.2, -0.15) is 0 Å². The average molecular weight is 253 g/mol. The molecule has 1 saturated carbocycles. The van der Waals surface area contributed by atoms with Crippen molar-refractivity contribution in [2.24, 2.45) is 11.1 Å². The van der Waals surface area contributed by atoms with Gasteiger partial charge >= 0.3 is 0 Å². The van der Waals surface area contributed by atoms with Crippen molar-refractivity contribution in [3.8, 4) is 0 Å². The van der Waals surface area contributed by atoms with Gasteiger partial charge in [-0.1, -0.05) is 20.3 Å². The molecule has 104 valence electrons. The summed E-state index contributed by atoms with van der Waals surface area (Å²) in [5, 5.41) is 3.40. The van der Waals surface area contributed by atoms with Crippen LogP contribution in [0.3, 0.4) is 0 Å². The summed E-state index contributed by atoms with van der Waals surface area (Å²) < 4.78 is 0. The van der Waals surface area contributed by atoms with E-state index in [4.69, 9.17) is 5.73 Å². The lowest BCUT2D eigenvalue weighted by atomic mass is 9.67. The van der Waals surface area contributed by atoms with Crippen molar-refractivity contribution in [3.05, 3.63) is 0 Å². The number of rotatable bonds is 2. The molecule has 2 fully saturated rings. The highest BCUT2D eigenvalue weighted by atomic mass is 16.1. The van der Waals surface area contributed by atoms with Gasteiger partial charge in [-0.15, -0.1) is 0 Å². The molecule has 1 heterocycles. The molecule has 2 rings (SSSR count). The molecule has 4 nitrogen and oxygen atoms in total. The van der Waals surface area contributed by atoms with Crippen LogP contribution in [0.25, 0.3) is 0 Å². The molecule has 1 aliphatic heterocycles. The van der Waals surface area contributed by atoms with Gasteiger partial charge in [-0.25, -0.2) is 0 Å². The second-order valence-corrected chi connectivity index (χ2v) is 6.68. The van der Waals surface area contributed by atoms with E-state index in [0.717, 1.165) is 51.9 Å². The first-order valence-electron chi connectivity index (χ1n) is 7.22. The van der Waals surface area contributed by atoms with Crippen LogP contribution in [-0.2, 0) is 4.79 Å². The first kappa shape index (κ1) is 13.8. The van der Waals surface area contributed by atoms with E-state index in [1.165, 1.54) is 6.42 Å². The maximum Gasteiger partial charge on any atom is 0.237 e. The van der Waals surface area contributed by atoms with Crippen molar-refractivity contribution >= 4 is 5.91 Å². The fourth-order valence-corrected chi connectivity index (χ4v) is 3.74. The SMILES string of the molecule is CC1(C)CCCC(C(N)=O)(N2CCCNCC2)C1. The maximum atomic E-state index is 12.1. The van der Waals surface area contributed by atoms with E-state index < -0.39 is 5.54 Å². The molecule has 1 unspecified atom stereocenters. The standard InChI is InChI=1S/C14H27N3O/c1-13(2)5-3-6-14(11-13,12(15)18)17-9-4-7-16-8-10-17/h16H,3-11H2,1-2H3,(H2,15,18). The fraction of sp³-hybridized carbons (Fsp3) is 0.929. The lowest BCUT2D eigenvalue weighted by Crippen LogP contribution is -2.61. The Hall–Kier alpha value is -0.610. The Bertz CT molecular complexity index is 308. The Labute approximate surface area is 110 Å². The van der Waals surface area contributed by atoms with Crippen LogP contribution in [0, 0.1) is 5.41 Å².